The summed E-state index contributed by atoms with van der Waals surface area (Å²) in [7, 11) is -7.33. The second kappa shape index (κ2) is 7.84. The van der Waals surface area contributed by atoms with Crippen LogP contribution in [0.25, 0.3) is 0 Å². The van der Waals surface area contributed by atoms with Crippen molar-refractivity contribution in [3.8, 4) is 0 Å². The Morgan fingerprint density at radius 2 is 1.10 bits per heavy atom. The maximum absolute atomic E-state index is 8.52. The van der Waals surface area contributed by atoms with Crippen LogP contribution in [0.4, 0.5) is 0 Å². The Kier molecular flexibility index (Phi) is 13.3. The summed E-state index contributed by atoms with van der Waals surface area (Å²) in [5.41, 5.74) is 0. The summed E-state index contributed by atoms with van der Waals surface area (Å²) in [5, 5.41) is 21.5. The molecular weight excluding hydrogens is 362 g/mol. The van der Waals surface area contributed by atoms with Gasteiger partial charge in [-0.3, -0.25) is 8.42 Å². The minimum absolute atomic E-state index is 0. The zero-order valence-corrected chi connectivity index (χ0v) is 9.16. The first kappa shape index (κ1) is 17.0. The Bertz CT molecular complexity index is 125. The molecule has 0 spiro atoms. The summed E-state index contributed by atoms with van der Waals surface area (Å²) >= 11 is 0. The van der Waals surface area contributed by atoms with Crippen molar-refractivity contribution in [3.63, 3.8) is 0 Å². The molecule has 0 saturated heterocycles. The molecule has 0 saturated carbocycles. The Morgan fingerprint density at radius 3 is 1.10 bits per heavy atom. The molecule has 0 aromatic heterocycles. The molecule has 58 valence electrons. The van der Waals surface area contributed by atoms with Gasteiger partial charge < -0.3 is 24.2 Å². The van der Waals surface area contributed by atoms with Gasteiger partial charge in [-0.05, 0) is 0 Å². The van der Waals surface area contributed by atoms with E-state index in [1.54, 1.807) is 0 Å². The van der Waals surface area contributed by atoms with E-state index in [1.165, 1.54) is 0 Å². The van der Waals surface area contributed by atoms with Crippen molar-refractivity contribution in [1.82, 2.24) is 0 Å². The summed E-state index contributed by atoms with van der Waals surface area (Å²) < 4.78 is 34.1. The molecule has 0 aliphatic carbocycles. The van der Waals surface area contributed by atoms with Crippen LogP contribution in [0.2, 0.25) is 0 Å². The summed E-state index contributed by atoms with van der Waals surface area (Å²) in [6, 6.07) is 0. The average molecular weight is 365 g/mol. The zero-order chi connectivity index (χ0) is 8.08. The van der Waals surface area contributed by atoms with Crippen LogP contribution in [0.1, 0.15) is 0 Å². The van der Waals surface area contributed by atoms with Crippen molar-refractivity contribution in [1.29, 1.82) is 0 Å². The molecular formula is H3BO7PbS. The SMILES string of the molecule is O=S(=O)([O-])[O-].OB(O)O.[Pb+2]. The topological polar surface area (TPSA) is 141 Å². The van der Waals surface area contributed by atoms with Crippen LogP contribution in [0, 0.1) is 0 Å². The van der Waals surface area contributed by atoms with E-state index < -0.39 is 17.7 Å². The maximum Gasteiger partial charge on any atom is 2.00 e. The van der Waals surface area contributed by atoms with Gasteiger partial charge in [0.05, 0.1) is 0 Å². The van der Waals surface area contributed by atoms with Crippen molar-refractivity contribution in [2.45, 2.75) is 0 Å². The van der Waals surface area contributed by atoms with Crippen molar-refractivity contribution < 1.29 is 32.6 Å². The van der Waals surface area contributed by atoms with E-state index in [0.29, 0.717) is 0 Å². The molecule has 0 fully saturated rings. The van der Waals surface area contributed by atoms with Gasteiger partial charge in [-0.15, -0.1) is 0 Å². The molecule has 0 aromatic carbocycles. The van der Waals surface area contributed by atoms with E-state index in [2.05, 4.69) is 0 Å². The van der Waals surface area contributed by atoms with Gasteiger partial charge >= 0.3 is 34.6 Å². The second-order valence-corrected chi connectivity index (χ2v) is 1.57. The fourth-order valence-corrected chi connectivity index (χ4v) is 0. The predicted molar refractivity (Wildman–Crippen MR) is 28.6 cm³/mol. The van der Waals surface area contributed by atoms with Gasteiger partial charge in [0.25, 0.3) is 0 Å². The summed E-state index contributed by atoms with van der Waals surface area (Å²) in [6.45, 7) is 0. The predicted octanol–water partition coefficient (Wildman–Crippen LogP) is -3.77. The molecule has 10 heavy (non-hydrogen) atoms. The fourth-order valence-electron chi connectivity index (χ4n) is 0. The monoisotopic (exact) mass is 366 g/mol. The molecule has 0 amide bonds. The summed E-state index contributed by atoms with van der Waals surface area (Å²) in [6.07, 6.45) is 0. The van der Waals surface area contributed by atoms with Crippen molar-refractivity contribution in [2.75, 3.05) is 0 Å². The van der Waals surface area contributed by atoms with Crippen LogP contribution in [-0.4, -0.2) is 67.2 Å². The van der Waals surface area contributed by atoms with Crippen molar-refractivity contribution in [3.05, 3.63) is 0 Å². The smallest absolute Gasteiger partial charge is 0.759 e. The third-order valence-electron chi connectivity index (χ3n) is 0. The van der Waals surface area contributed by atoms with Gasteiger partial charge in [-0.2, -0.15) is 0 Å². The molecule has 0 unspecified atom stereocenters. The molecule has 2 radical (unpaired) electrons. The number of hydrogen-bond acceptors (Lipinski definition) is 7. The summed E-state index contributed by atoms with van der Waals surface area (Å²) in [4.78, 5) is 0. The zero-order valence-electron chi connectivity index (χ0n) is 4.46. The minimum Gasteiger partial charge on any atom is -0.759 e. The molecule has 0 aromatic rings. The molecule has 3 N–H and O–H groups in total. The normalized spacial score (nSPS) is 8.50. The molecule has 0 aliphatic rings. The Morgan fingerprint density at radius 1 is 1.10 bits per heavy atom. The first-order chi connectivity index (χ1) is 3.73. The van der Waals surface area contributed by atoms with Gasteiger partial charge in [0.2, 0.25) is 0 Å². The van der Waals surface area contributed by atoms with Gasteiger partial charge in [0.1, 0.15) is 0 Å². The maximum atomic E-state index is 8.52. The molecule has 0 aliphatic heterocycles. The van der Waals surface area contributed by atoms with Crippen LogP contribution < -0.4 is 0 Å². The van der Waals surface area contributed by atoms with Crippen LogP contribution in [0.15, 0.2) is 0 Å². The van der Waals surface area contributed by atoms with Gasteiger partial charge in [0, 0.05) is 10.4 Å². The van der Waals surface area contributed by atoms with E-state index in [1.807, 2.05) is 0 Å². The van der Waals surface area contributed by atoms with E-state index in [0.717, 1.165) is 0 Å². The number of hydrogen-bond donors (Lipinski definition) is 3. The van der Waals surface area contributed by atoms with Crippen LogP contribution >= 0.6 is 0 Å². The molecule has 7 nitrogen and oxygen atoms in total. The van der Waals surface area contributed by atoms with Gasteiger partial charge in [0.15, 0.2) is 0 Å². The standard InChI is InChI=1S/BH3O3.H2O4S.Pb/c2-1(3)4;1-5(2,3)4;/h2-4H;(H2,1,2,3,4);/q;;+2/p-2. The van der Waals surface area contributed by atoms with E-state index in [-0.39, 0.29) is 27.3 Å². The van der Waals surface area contributed by atoms with E-state index in [4.69, 9.17) is 32.6 Å². The first-order valence-corrected chi connectivity index (χ1v) is 2.77. The van der Waals surface area contributed by atoms with Crippen molar-refractivity contribution in [2.24, 2.45) is 0 Å². The second-order valence-electron chi connectivity index (χ2n) is 0.755. The van der Waals surface area contributed by atoms with Crippen LogP contribution in [0.5, 0.6) is 0 Å². The Balaban J connectivity index is -0.0000000910. The first-order valence-electron chi connectivity index (χ1n) is 1.44. The molecule has 10 heteroatoms. The Labute approximate surface area is 77.6 Å². The molecule has 0 atom stereocenters. The third-order valence-corrected chi connectivity index (χ3v) is 0. The Hall–Kier alpha value is 0.737. The fraction of sp³-hybridized carbons (Fsp3) is 0. The molecule has 0 rings (SSSR count). The number of rotatable bonds is 0. The van der Waals surface area contributed by atoms with Crippen molar-refractivity contribution >= 4 is 45.0 Å². The minimum atomic E-state index is -5.17. The quantitative estimate of drug-likeness (QED) is 0.227. The summed E-state index contributed by atoms with van der Waals surface area (Å²) in [5.74, 6) is 0. The molecule has 0 heterocycles. The third kappa shape index (κ3) is 963. The van der Waals surface area contributed by atoms with Gasteiger partial charge in [-0.25, -0.2) is 0 Å². The van der Waals surface area contributed by atoms with E-state index >= 15 is 0 Å². The van der Waals surface area contributed by atoms with Gasteiger partial charge in [-0.1, -0.05) is 0 Å². The molecule has 0 bridgehead atoms. The van der Waals surface area contributed by atoms with E-state index in [9.17, 15) is 0 Å². The van der Waals surface area contributed by atoms with Crippen LogP contribution in [-0.2, 0) is 10.4 Å². The largest absolute Gasteiger partial charge is 2.00 e. The van der Waals surface area contributed by atoms with Crippen LogP contribution in [0.3, 0.4) is 0 Å². The average Bonchev–Trinajstić information content (AvgIpc) is 1.19.